The summed E-state index contributed by atoms with van der Waals surface area (Å²) in [5, 5.41) is 22.9. The van der Waals surface area contributed by atoms with Crippen LogP contribution in [0.4, 0.5) is 0 Å². The molecule has 0 heterocycles. The van der Waals surface area contributed by atoms with E-state index in [4.69, 9.17) is 0 Å². The number of amides is 1. The Bertz CT molecular complexity index is 512. The Morgan fingerprint density at radius 1 is 0.488 bits per heavy atom. The summed E-state index contributed by atoms with van der Waals surface area (Å²) in [6, 6.07) is -0.526. The summed E-state index contributed by atoms with van der Waals surface area (Å²) in [6.45, 7) is 4.31. The molecule has 0 fully saturated rings. The maximum absolute atomic E-state index is 12.1. The van der Waals surface area contributed by atoms with Crippen LogP contribution >= 0.6 is 0 Å². The van der Waals surface area contributed by atoms with E-state index in [2.05, 4.69) is 19.2 Å². The number of hydrogen-bond donors (Lipinski definition) is 3. The van der Waals surface area contributed by atoms with Gasteiger partial charge < -0.3 is 15.5 Å². The van der Waals surface area contributed by atoms with Crippen LogP contribution in [0.2, 0.25) is 0 Å². The van der Waals surface area contributed by atoms with Crippen LogP contribution in [0.5, 0.6) is 0 Å². The van der Waals surface area contributed by atoms with E-state index in [1.165, 1.54) is 161 Å². The first-order valence-electron chi connectivity index (χ1n) is 18.7. The fourth-order valence-electron chi connectivity index (χ4n) is 5.95. The molecule has 3 N–H and O–H groups in total. The fraction of sp³-hybridized carbons (Fsp3) is 0.973. The van der Waals surface area contributed by atoms with Gasteiger partial charge in [-0.2, -0.15) is 0 Å². The largest absolute Gasteiger partial charge is 0.394 e. The minimum Gasteiger partial charge on any atom is -0.394 e. The predicted molar refractivity (Wildman–Crippen MR) is 179 cm³/mol. The molecule has 0 aromatic carbocycles. The smallest absolute Gasteiger partial charge is 0.220 e. The lowest BCUT2D eigenvalue weighted by Crippen LogP contribution is -2.45. The highest BCUT2D eigenvalue weighted by molar-refractivity contribution is 5.76. The molecule has 0 aromatic heterocycles. The Morgan fingerprint density at radius 2 is 0.780 bits per heavy atom. The molecule has 246 valence electrons. The molecule has 0 rings (SSSR count). The topological polar surface area (TPSA) is 69.6 Å². The molecule has 2 unspecified atom stereocenters. The number of unbranched alkanes of at least 4 members (excludes halogenated alkanes) is 27. The van der Waals surface area contributed by atoms with E-state index in [0.717, 1.165) is 25.7 Å². The summed E-state index contributed by atoms with van der Waals surface area (Å²) in [4.78, 5) is 12.1. The SMILES string of the molecule is CCCCCCCCCCCCCCCCCCCCCCCCCC(O)C(CO)NC(=O)CCCCCCCC. The summed E-state index contributed by atoms with van der Waals surface area (Å²) in [7, 11) is 0. The Labute approximate surface area is 257 Å². The van der Waals surface area contributed by atoms with E-state index in [1.54, 1.807) is 0 Å². The number of aliphatic hydroxyl groups is 2. The van der Waals surface area contributed by atoms with Gasteiger partial charge >= 0.3 is 0 Å². The normalized spacial score (nSPS) is 13.0. The molecule has 0 aliphatic carbocycles. The van der Waals surface area contributed by atoms with Gasteiger partial charge in [0.2, 0.25) is 5.91 Å². The minimum atomic E-state index is -0.650. The number of carbonyl (C=O) groups excluding carboxylic acids is 1. The molecule has 0 aromatic rings. The summed E-state index contributed by atoms with van der Waals surface area (Å²) in [5.74, 6) is -0.0389. The van der Waals surface area contributed by atoms with Crippen LogP contribution in [-0.4, -0.2) is 34.9 Å². The number of aliphatic hydroxyl groups excluding tert-OH is 2. The van der Waals surface area contributed by atoms with Crippen molar-refractivity contribution in [2.24, 2.45) is 0 Å². The third kappa shape index (κ3) is 30.6. The Balaban J connectivity index is 3.39. The Hall–Kier alpha value is -0.610. The van der Waals surface area contributed by atoms with Gasteiger partial charge in [0.05, 0.1) is 18.8 Å². The highest BCUT2D eigenvalue weighted by atomic mass is 16.3. The van der Waals surface area contributed by atoms with Gasteiger partial charge in [-0.05, 0) is 12.8 Å². The maximum atomic E-state index is 12.1. The zero-order chi connectivity index (χ0) is 30.1. The highest BCUT2D eigenvalue weighted by Gasteiger charge is 2.19. The molecule has 4 heteroatoms. The number of rotatable bonds is 34. The molecule has 0 bridgehead atoms. The van der Waals surface area contributed by atoms with Gasteiger partial charge in [-0.15, -0.1) is 0 Å². The molecule has 4 nitrogen and oxygen atoms in total. The summed E-state index contributed by atoms with van der Waals surface area (Å²) in [6.07, 6.45) is 39.1. The molecular formula is C37H75NO3. The molecule has 41 heavy (non-hydrogen) atoms. The molecule has 0 spiro atoms. The Morgan fingerprint density at radius 3 is 1.10 bits per heavy atom. The van der Waals surface area contributed by atoms with Crippen molar-refractivity contribution in [1.82, 2.24) is 5.32 Å². The van der Waals surface area contributed by atoms with Crippen molar-refractivity contribution in [2.75, 3.05) is 6.61 Å². The van der Waals surface area contributed by atoms with Crippen LogP contribution in [0.3, 0.4) is 0 Å². The molecule has 0 saturated carbocycles. The second kappa shape index (κ2) is 33.9. The fourth-order valence-corrected chi connectivity index (χ4v) is 5.95. The molecular weight excluding hydrogens is 506 g/mol. The van der Waals surface area contributed by atoms with Crippen molar-refractivity contribution in [2.45, 2.75) is 225 Å². The summed E-state index contributed by atoms with van der Waals surface area (Å²) < 4.78 is 0. The van der Waals surface area contributed by atoms with Crippen LogP contribution in [0.25, 0.3) is 0 Å². The maximum Gasteiger partial charge on any atom is 0.220 e. The van der Waals surface area contributed by atoms with Gasteiger partial charge in [-0.3, -0.25) is 4.79 Å². The van der Waals surface area contributed by atoms with Crippen molar-refractivity contribution in [3.63, 3.8) is 0 Å². The number of hydrogen-bond acceptors (Lipinski definition) is 3. The van der Waals surface area contributed by atoms with Crippen LogP contribution in [-0.2, 0) is 4.79 Å². The zero-order valence-corrected chi connectivity index (χ0v) is 28.1. The van der Waals surface area contributed by atoms with Crippen LogP contribution in [0, 0.1) is 0 Å². The summed E-state index contributed by atoms with van der Waals surface area (Å²) in [5.41, 5.74) is 0. The van der Waals surface area contributed by atoms with Crippen LogP contribution in [0.1, 0.15) is 213 Å². The van der Waals surface area contributed by atoms with E-state index in [0.29, 0.717) is 12.8 Å². The van der Waals surface area contributed by atoms with Crippen molar-refractivity contribution >= 4 is 5.91 Å². The van der Waals surface area contributed by atoms with E-state index < -0.39 is 12.1 Å². The molecule has 0 radical (unpaired) electrons. The van der Waals surface area contributed by atoms with Gasteiger partial charge in [0.25, 0.3) is 0 Å². The number of carbonyl (C=O) groups is 1. The van der Waals surface area contributed by atoms with E-state index in [9.17, 15) is 15.0 Å². The first-order valence-corrected chi connectivity index (χ1v) is 18.7. The van der Waals surface area contributed by atoms with E-state index >= 15 is 0 Å². The van der Waals surface area contributed by atoms with Crippen LogP contribution in [0.15, 0.2) is 0 Å². The minimum absolute atomic E-state index is 0.0389. The molecule has 0 aliphatic rings. The third-order valence-corrected chi connectivity index (χ3v) is 8.87. The quantitative estimate of drug-likeness (QED) is 0.0662. The van der Waals surface area contributed by atoms with Crippen molar-refractivity contribution in [3.05, 3.63) is 0 Å². The number of nitrogens with one attached hydrogen (secondary N) is 1. The van der Waals surface area contributed by atoms with Gasteiger partial charge in [0, 0.05) is 6.42 Å². The van der Waals surface area contributed by atoms with Gasteiger partial charge in [0.15, 0.2) is 0 Å². The van der Waals surface area contributed by atoms with Gasteiger partial charge in [0.1, 0.15) is 0 Å². The predicted octanol–water partition coefficient (Wildman–Crippen LogP) is 11.0. The van der Waals surface area contributed by atoms with Crippen molar-refractivity contribution in [1.29, 1.82) is 0 Å². The van der Waals surface area contributed by atoms with Crippen molar-refractivity contribution < 1.29 is 15.0 Å². The third-order valence-electron chi connectivity index (χ3n) is 8.87. The molecule has 2 atom stereocenters. The zero-order valence-electron chi connectivity index (χ0n) is 28.1. The molecule has 0 saturated heterocycles. The highest BCUT2D eigenvalue weighted by Crippen LogP contribution is 2.16. The lowest BCUT2D eigenvalue weighted by atomic mass is 10.0. The first-order chi connectivity index (χ1) is 20.2. The Kier molecular flexibility index (Phi) is 33.4. The standard InChI is InChI=1S/C37H75NO3/c1-3-5-7-9-11-12-13-14-15-16-17-18-19-20-21-22-23-24-25-26-27-28-30-32-36(40)35(34-39)38-37(41)33-31-29-10-8-6-4-2/h35-36,39-40H,3-34H2,1-2H3,(H,38,41). The summed E-state index contributed by atoms with van der Waals surface area (Å²) >= 11 is 0. The average Bonchev–Trinajstić information content (AvgIpc) is 2.97. The van der Waals surface area contributed by atoms with Gasteiger partial charge in [-0.1, -0.05) is 194 Å². The lowest BCUT2D eigenvalue weighted by molar-refractivity contribution is -0.123. The monoisotopic (exact) mass is 582 g/mol. The second-order valence-corrected chi connectivity index (χ2v) is 13.0. The average molecular weight is 582 g/mol. The van der Waals surface area contributed by atoms with Crippen LogP contribution < -0.4 is 5.32 Å². The molecule has 1 amide bonds. The first kappa shape index (κ1) is 40.4. The lowest BCUT2D eigenvalue weighted by Gasteiger charge is -2.22. The van der Waals surface area contributed by atoms with E-state index in [-0.39, 0.29) is 12.5 Å². The van der Waals surface area contributed by atoms with Crippen molar-refractivity contribution in [3.8, 4) is 0 Å². The molecule has 0 aliphatic heterocycles. The second-order valence-electron chi connectivity index (χ2n) is 13.0. The van der Waals surface area contributed by atoms with Gasteiger partial charge in [-0.25, -0.2) is 0 Å². The van der Waals surface area contributed by atoms with E-state index in [1.807, 2.05) is 0 Å².